The van der Waals surface area contributed by atoms with Crippen LogP contribution in [0.3, 0.4) is 0 Å². The first-order valence-electron chi connectivity index (χ1n) is 13.1. The van der Waals surface area contributed by atoms with Crippen molar-refractivity contribution in [1.82, 2.24) is 16.0 Å². The van der Waals surface area contributed by atoms with Gasteiger partial charge < -0.3 is 21.7 Å². The Morgan fingerprint density at radius 2 is 1.74 bits per heavy atom. The molecule has 6 nitrogen and oxygen atoms in total. The summed E-state index contributed by atoms with van der Waals surface area (Å²) in [6.45, 7) is 4.19. The van der Waals surface area contributed by atoms with Gasteiger partial charge in [0.1, 0.15) is 6.04 Å². The number of carbonyl (C=O) groups excluding carboxylic acids is 2. The summed E-state index contributed by atoms with van der Waals surface area (Å²) in [6.07, 6.45) is 4.31. The first-order valence-corrected chi connectivity index (χ1v) is 13.9. The van der Waals surface area contributed by atoms with E-state index in [1.165, 1.54) is 21.2 Å². The molecule has 2 atom stereocenters. The molecule has 3 aromatic carbocycles. The van der Waals surface area contributed by atoms with Crippen LogP contribution in [0.2, 0.25) is 0 Å². The number of hydrogen-bond acceptors (Lipinski definition) is 5. The van der Waals surface area contributed by atoms with Crippen molar-refractivity contribution in [2.75, 3.05) is 6.67 Å². The number of thiophene rings is 1. The number of nitrogens with two attached hydrogens (primary N) is 1. The lowest BCUT2D eigenvalue weighted by molar-refractivity contribution is -0.123. The lowest BCUT2D eigenvalue weighted by Gasteiger charge is -2.29. The van der Waals surface area contributed by atoms with E-state index in [1.54, 1.807) is 0 Å². The van der Waals surface area contributed by atoms with Crippen LogP contribution in [0.4, 0.5) is 0 Å². The quantitative estimate of drug-likeness (QED) is 0.137. The Morgan fingerprint density at radius 1 is 1.03 bits per heavy atom. The topological polar surface area (TPSA) is 96.2 Å². The fraction of sp³-hybridized carbons (Fsp3) is 0.290. The fourth-order valence-corrected chi connectivity index (χ4v) is 5.62. The molecule has 1 aliphatic rings. The summed E-state index contributed by atoms with van der Waals surface area (Å²) < 4.78 is 1.39. The molecule has 1 unspecified atom stereocenters. The van der Waals surface area contributed by atoms with Gasteiger partial charge in [-0.05, 0) is 77.4 Å². The summed E-state index contributed by atoms with van der Waals surface area (Å²) in [5.74, 6) is -0.166. The van der Waals surface area contributed by atoms with Crippen molar-refractivity contribution in [3.05, 3.63) is 94.5 Å². The van der Waals surface area contributed by atoms with Gasteiger partial charge >= 0.3 is 0 Å². The zero-order chi connectivity index (χ0) is 26.9. The van der Waals surface area contributed by atoms with Gasteiger partial charge in [-0.2, -0.15) is 0 Å². The highest BCUT2D eigenvalue weighted by Gasteiger charge is 2.25. The third kappa shape index (κ3) is 6.79. The third-order valence-corrected chi connectivity index (χ3v) is 7.95. The SMILES string of the molecule is CC(N)C(N[C@H](Cc1cccc2ccccc12)C(=O)NCNC=O)=C1CCC1.Cc1csc2ccccc12. The summed E-state index contributed by atoms with van der Waals surface area (Å²) in [4.78, 5) is 23.3. The lowest BCUT2D eigenvalue weighted by atomic mass is 9.88. The highest BCUT2D eigenvalue weighted by atomic mass is 32.1. The Morgan fingerprint density at radius 3 is 2.42 bits per heavy atom. The minimum Gasteiger partial charge on any atom is -0.376 e. The molecule has 0 radical (unpaired) electrons. The van der Waals surface area contributed by atoms with E-state index in [4.69, 9.17) is 5.73 Å². The number of nitrogens with one attached hydrogen (secondary N) is 3. The maximum Gasteiger partial charge on any atom is 0.244 e. The highest BCUT2D eigenvalue weighted by molar-refractivity contribution is 7.17. The molecule has 0 bridgehead atoms. The number of amides is 2. The van der Waals surface area contributed by atoms with Gasteiger partial charge in [-0.1, -0.05) is 60.7 Å². The Labute approximate surface area is 228 Å². The Bertz CT molecular complexity index is 1410. The molecule has 5 N–H and O–H groups in total. The molecule has 7 heteroatoms. The van der Waals surface area contributed by atoms with Crippen LogP contribution in [-0.2, 0) is 16.0 Å². The van der Waals surface area contributed by atoms with Crippen molar-refractivity contribution >= 4 is 44.5 Å². The summed E-state index contributed by atoms with van der Waals surface area (Å²) in [7, 11) is 0. The van der Waals surface area contributed by atoms with Crippen molar-refractivity contribution in [3.8, 4) is 0 Å². The summed E-state index contributed by atoms with van der Waals surface area (Å²) in [6, 6.07) is 22.1. The summed E-state index contributed by atoms with van der Waals surface area (Å²) >= 11 is 1.81. The van der Waals surface area contributed by atoms with E-state index in [1.807, 2.05) is 36.5 Å². The molecular formula is C31H36N4O2S. The van der Waals surface area contributed by atoms with Crippen molar-refractivity contribution in [2.24, 2.45) is 5.73 Å². The van der Waals surface area contributed by atoms with E-state index in [-0.39, 0.29) is 18.6 Å². The Balaban J connectivity index is 0.000000278. The number of fused-ring (bicyclic) bond motifs is 2. The standard InChI is InChI=1S/C22H28N4O2.C9H8S/c1-15(23)21(17-8-5-9-17)26-20(22(28)25-13-24-14-27)12-18-10-4-7-16-6-2-3-11-19(16)18;1-7-6-10-9-5-3-2-4-8(7)9/h2-4,6-7,10-11,14-15,20,26H,5,8-9,12-13,23H2,1H3,(H,24,27)(H,25,28);2-6H,1H3/t15?,20-;/m1./s1. The molecule has 38 heavy (non-hydrogen) atoms. The Hall–Kier alpha value is -3.68. The highest BCUT2D eigenvalue weighted by Crippen LogP contribution is 2.29. The minimum atomic E-state index is -0.478. The number of allylic oxidation sites excluding steroid dienone is 1. The van der Waals surface area contributed by atoms with Crippen LogP contribution in [0.15, 0.2) is 83.4 Å². The van der Waals surface area contributed by atoms with Crippen LogP contribution < -0.4 is 21.7 Å². The number of rotatable bonds is 9. The predicted octanol–water partition coefficient (Wildman–Crippen LogP) is 5.16. The number of benzene rings is 3. The summed E-state index contributed by atoms with van der Waals surface area (Å²) in [5.41, 5.74) is 10.9. The molecule has 0 saturated heterocycles. The molecule has 1 saturated carbocycles. The normalized spacial score (nSPS) is 14.0. The molecule has 198 valence electrons. The second-order valence-electron chi connectivity index (χ2n) is 9.65. The lowest BCUT2D eigenvalue weighted by Crippen LogP contribution is -2.49. The van der Waals surface area contributed by atoms with Gasteiger partial charge in [-0.25, -0.2) is 0 Å². The van der Waals surface area contributed by atoms with Gasteiger partial charge in [0.05, 0.1) is 6.67 Å². The van der Waals surface area contributed by atoms with Crippen LogP contribution in [0, 0.1) is 6.92 Å². The molecule has 4 aromatic rings. The van der Waals surface area contributed by atoms with Crippen molar-refractivity contribution < 1.29 is 9.59 Å². The zero-order valence-electron chi connectivity index (χ0n) is 22.0. The van der Waals surface area contributed by atoms with Gasteiger partial charge in [-0.15, -0.1) is 11.3 Å². The van der Waals surface area contributed by atoms with E-state index in [0.29, 0.717) is 12.8 Å². The number of hydrogen-bond donors (Lipinski definition) is 4. The predicted molar refractivity (Wildman–Crippen MR) is 158 cm³/mol. The average molecular weight is 529 g/mol. The third-order valence-electron chi connectivity index (χ3n) is 6.87. The van der Waals surface area contributed by atoms with Crippen molar-refractivity contribution in [2.45, 2.75) is 51.6 Å². The van der Waals surface area contributed by atoms with E-state index < -0.39 is 6.04 Å². The van der Waals surface area contributed by atoms with Gasteiger partial charge in [0, 0.05) is 22.9 Å². The Kier molecular flexibility index (Phi) is 9.51. The molecule has 1 heterocycles. The molecule has 1 aromatic heterocycles. The molecule has 2 amide bonds. The molecule has 0 aliphatic heterocycles. The number of carbonyl (C=O) groups is 2. The largest absolute Gasteiger partial charge is 0.376 e. The number of aryl methyl sites for hydroxylation is 1. The molecular weight excluding hydrogens is 492 g/mol. The van der Waals surface area contributed by atoms with Crippen LogP contribution in [-0.4, -0.2) is 31.1 Å². The molecule has 1 fully saturated rings. The molecule has 1 aliphatic carbocycles. The van der Waals surface area contributed by atoms with E-state index in [9.17, 15) is 9.59 Å². The smallest absolute Gasteiger partial charge is 0.244 e. The maximum absolute atomic E-state index is 12.9. The van der Waals surface area contributed by atoms with Crippen LogP contribution in [0.25, 0.3) is 20.9 Å². The average Bonchev–Trinajstić information content (AvgIpc) is 3.28. The fourth-order valence-electron chi connectivity index (χ4n) is 4.68. The van der Waals surface area contributed by atoms with Gasteiger partial charge in [-0.3, -0.25) is 9.59 Å². The minimum absolute atomic E-state index is 0.0974. The van der Waals surface area contributed by atoms with Crippen molar-refractivity contribution in [3.63, 3.8) is 0 Å². The summed E-state index contributed by atoms with van der Waals surface area (Å²) in [5, 5.41) is 14.5. The maximum atomic E-state index is 12.9. The van der Waals surface area contributed by atoms with Crippen molar-refractivity contribution in [1.29, 1.82) is 0 Å². The van der Waals surface area contributed by atoms with Gasteiger partial charge in [0.25, 0.3) is 0 Å². The van der Waals surface area contributed by atoms with E-state index >= 15 is 0 Å². The molecule has 5 rings (SSSR count). The second kappa shape index (κ2) is 13.2. The van der Waals surface area contributed by atoms with Crippen LogP contribution in [0.1, 0.15) is 37.3 Å². The zero-order valence-corrected chi connectivity index (χ0v) is 22.8. The monoisotopic (exact) mass is 528 g/mol. The van der Waals surface area contributed by atoms with Gasteiger partial charge in [0.2, 0.25) is 12.3 Å². The first kappa shape index (κ1) is 27.4. The second-order valence-corrected chi connectivity index (χ2v) is 10.6. The van der Waals surface area contributed by atoms with Gasteiger partial charge in [0.15, 0.2) is 0 Å². The first-order chi connectivity index (χ1) is 18.5. The van der Waals surface area contributed by atoms with Crippen LogP contribution in [0.5, 0.6) is 0 Å². The van der Waals surface area contributed by atoms with E-state index in [2.05, 4.69) is 76.8 Å². The molecule has 0 spiro atoms. The van der Waals surface area contributed by atoms with E-state index in [0.717, 1.165) is 41.3 Å². The van der Waals surface area contributed by atoms with Crippen LogP contribution >= 0.6 is 11.3 Å².